The number of benzene rings is 2. The van der Waals surface area contributed by atoms with Gasteiger partial charge in [-0.1, -0.05) is 24.3 Å². The van der Waals surface area contributed by atoms with Crippen LogP contribution in [0.2, 0.25) is 0 Å². The Hall–Kier alpha value is -1.75. The summed E-state index contributed by atoms with van der Waals surface area (Å²) < 4.78 is 86.7. The number of halogens is 6. The van der Waals surface area contributed by atoms with Gasteiger partial charge in [-0.05, 0) is 24.3 Å². The lowest BCUT2D eigenvalue weighted by Gasteiger charge is -2.09. The van der Waals surface area contributed by atoms with Crippen LogP contribution in [0.4, 0.5) is 26.3 Å². The molecule has 0 aliphatic heterocycles. The summed E-state index contributed by atoms with van der Waals surface area (Å²) >= 11 is 0. The summed E-state index contributed by atoms with van der Waals surface area (Å²) in [6.07, 6.45) is -8.99. The minimum Gasteiger partial charge on any atom is -0.317 e. The molecule has 2 aromatic carbocycles. The van der Waals surface area contributed by atoms with Crippen molar-refractivity contribution in [2.45, 2.75) is 12.4 Å². The maximum atomic E-state index is 12.4. The molecule has 2 aromatic rings. The first-order valence-electron chi connectivity index (χ1n) is 5.98. The van der Waals surface area contributed by atoms with E-state index in [1.54, 1.807) is 0 Å². The summed E-state index contributed by atoms with van der Waals surface area (Å²) in [5.74, 6) is 0. The second-order valence-corrected chi connectivity index (χ2v) is 6.29. The van der Waals surface area contributed by atoms with Gasteiger partial charge in [0, 0.05) is 10.6 Å². The van der Waals surface area contributed by atoms with E-state index < -0.39 is 31.3 Å². The predicted molar refractivity (Wildman–Crippen MR) is 71.2 cm³/mol. The van der Waals surface area contributed by atoms with Gasteiger partial charge in [0.1, 0.15) is 7.80 Å². The molecule has 0 fully saturated rings. The van der Waals surface area contributed by atoms with Crippen molar-refractivity contribution in [3.63, 3.8) is 0 Å². The smallest absolute Gasteiger partial charge is 0.317 e. The first kappa shape index (κ1) is 16.6. The molecule has 0 N–H and O–H groups in total. The maximum absolute atomic E-state index is 12.4. The summed E-state index contributed by atoms with van der Waals surface area (Å²) in [4.78, 5) is 0. The number of rotatable bonds is 2. The Morgan fingerprint density at radius 2 is 0.864 bits per heavy atom. The van der Waals surface area contributed by atoms with E-state index in [1.807, 2.05) is 0 Å². The molecule has 0 atom stereocenters. The highest BCUT2D eigenvalue weighted by atomic mass is 31.1. The maximum Gasteiger partial charge on any atom is 0.416 e. The summed E-state index contributed by atoms with van der Waals surface area (Å²) in [6, 6.07) is 7.46. The predicted octanol–water partition coefficient (Wildman–Crippen LogP) is 4.23. The van der Waals surface area contributed by atoms with Crippen LogP contribution in [0.15, 0.2) is 48.5 Å². The topological polar surface area (TPSA) is 17.1 Å². The van der Waals surface area contributed by atoms with Gasteiger partial charge < -0.3 is 4.57 Å². The highest BCUT2D eigenvalue weighted by Crippen LogP contribution is 2.31. The van der Waals surface area contributed by atoms with Gasteiger partial charge in [0.2, 0.25) is 0 Å². The molecule has 0 aliphatic carbocycles. The molecule has 0 saturated heterocycles. The fourth-order valence-electron chi connectivity index (χ4n) is 1.79. The largest absolute Gasteiger partial charge is 0.416 e. The third-order valence-electron chi connectivity index (χ3n) is 2.95. The lowest BCUT2D eigenvalue weighted by Crippen LogP contribution is -2.11. The Bertz CT molecular complexity index is 611. The highest BCUT2D eigenvalue weighted by molar-refractivity contribution is 7.61. The highest BCUT2D eigenvalue weighted by Gasteiger charge is 2.31. The normalized spacial score (nSPS) is 12.7. The van der Waals surface area contributed by atoms with Gasteiger partial charge in [-0.2, -0.15) is 26.3 Å². The van der Waals surface area contributed by atoms with Crippen LogP contribution >= 0.6 is 7.80 Å². The molecule has 2 rings (SSSR count). The Balaban J connectivity index is 2.25. The van der Waals surface area contributed by atoms with Gasteiger partial charge in [0.15, 0.2) is 0 Å². The van der Waals surface area contributed by atoms with E-state index in [1.165, 1.54) is 0 Å². The average molecular weight is 338 g/mol. The molecule has 0 aromatic heterocycles. The molecule has 0 saturated carbocycles. The third kappa shape index (κ3) is 3.71. The standard InChI is InChI=1S/C14H9F6OP/c15-13(16,17)9-1-5-11(6-2-9)22(21)12-7-3-10(4-8-12)14(18,19)20/h1-8,22H. The van der Waals surface area contributed by atoms with Crippen LogP contribution in [-0.4, -0.2) is 0 Å². The van der Waals surface area contributed by atoms with E-state index in [9.17, 15) is 30.9 Å². The summed E-state index contributed by atoms with van der Waals surface area (Å²) in [5, 5.41) is 0.301. The molecule has 22 heavy (non-hydrogen) atoms. The molecule has 118 valence electrons. The van der Waals surface area contributed by atoms with Crippen LogP contribution in [0.3, 0.4) is 0 Å². The quantitative estimate of drug-likeness (QED) is 0.591. The second-order valence-electron chi connectivity index (χ2n) is 4.48. The van der Waals surface area contributed by atoms with Gasteiger partial charge in [0.05, 0.1) is 11.1 Å². The van der Waals surface area contributed by atoms with Crippen molar-refractivity contribution in [1.82, 2.24) is 0 Å². The van der Waals surface area contributed by atoms with Gasteiger partial charge in [0.25, 0.3) is 0 Å². The Morgan fingerprint density at radius 3 is 1.09 bits per heavy atom. The minimum absolute atomic E-state index is 0.151. The molecule has 0 heterocycles. The molecule has 1 nitrogen and oxygen atoms in total. The van der Waals surface area contributed by atoms with Crippen molar-refractivity contribution >= 4 is 18.4 Å². The van der Waals surface area contributed by atoms with Crippen LogP contribution in [-0.2, 0) is 16.9 Å². The van der Waals surface area contributed by atoms with Gasteiger partial charge in [-0.15, -0.1) is 0 Å². The summed E-state index contributed by atoms with van der Waals surface area (Å²) in [6.45, 7) is 0. The van der Waals surface area contributed by atoms with Crippen LogP contribution in [0.25, 0.3) is 0 Å². The third-order valence-corrected chi connectivity index (χ3v) is 4.66. The van der Waals surface area contributed by atoms with Crippen molar-refractivity contribution in [3.05, 3.63) is 59.7 Å². The molecular weight excluding hydrogens is 329 g/mol. The molecule has 8 heteroatoms. The van der Waals surface area contributed by atoms with E-state index in [2.05, 4.69) is 0 Å². The number of hydrogen-bond acceptors (Lipinski definition) is 1. The molecule has 0 unspecified atom stereocenters. The summed E-state index contributed by atoms with van der Waals surface area (Å²) in [5.41, 5.74) is -1.75. The van der Waals surface area contributed by atoms with E-state index in [-0.39, 0.29) is 10.6 Å². The molecule has 0 radical (unpaired) electrons. The lowest BCUT2D eigenvalue weighted by atomic mass is 10.2. The van der Waals surface area contributed by atoms with E-state index in [0.717, 1.165) is 48.5 Å². The molecular formula is C14H9F6OP. The molecule has 0 amide bonds. The average Bonchev–Trinajstić information content (AvgIpc) is 2.45. The molecule has 0 spiro atoms. The van der Waals surface area contributed by atoms with Crippen molar-refractivity contribution < 1.29 is 30.9 Å². The first-order valence-corrected chi connectivity index (χ1v) is 7.39. The van der Waals surface area contributed by atoms with Gasteiger partial charge in [-0.3, -0.25) is 0 Å². The van der Waals surface area contributed by atoms with E-state index >= 15 is 0 Å². The van der Waals surface area contributed by atoms with Crippen LogP contribution in [0.5, 0.6) is 0 Å². The molecule has 0 bridgehead atoms. The van der Waals surface area contributed by atoms with Gasteiger partial charge in [-0.25, -0.2) is 0 Å². The zero-order valence-electron chi connectivity index (χ0n) is 10.8. The SMILES string of the molecule is O=[PH](c1ccc(C(F)(F)F)cc1)c1ccc(C(F)(F)F)cc1. The Morgan fingerprint density at radius 1 is 0.591 bits per heavy atom. The number of hydrogen-bond donors (Lipinski definition) is 0. The van der Waals surface area contributed by atoms with Crippen molar-refractivity contribution in [3.8, 4) is 0 Å². The number of alkyl halides is 6. The Labute approximate surface area is 122 Å². The van der Waals surface area contributed by atoms with Crippen LogP contribution in [0, 0.1) is 0 Å². The monoisotopic (exact) mass is 338 g/mol. The Kier molecular flexibility index (Phi) is 4.38. The van der Waals surface area contributed by atoms with Crippen molar-refractivity contribution in [2.24, 2.45) is 0 Å². The second kappa shape index (κ2) is 5.80. The van der Waals surface area contributed by atoms with Crippen LogP contribution in [0.1, 0.15) is 11.1 Å². The first-order chi connectivity index (χ1) is 10.1. The minimum atomic E-state index is -4.50. The van der Waals surface area contributed by atoms with Gasteiger partial charge >= 0.3 is 12.4 Å². The fraction of sp³-hybridized carbons (Fsp3) is 0.143. The van der Waals surface area contributed by atoms with Crippen molar-refractivity contribution in [2.75, 3.05) is 0 Å². The zero-order chi connectivity index (χ0) is 16.5. The summed E-state index contributed by atoms with van der Waals surface area (Å²) in [7, 11) is -2.65. The van der Waals surface area contributed by atoms with Crippen LogP contribution < -0.4 is 10.6 Å². The zero-order valence-corrected chi connectivity index (χ0v) is 11.8. The fourth-order valence-corrected chi connectivity index (χ4v) is 3.06. The van der Waals surface area contributed by atoms with E-state index in [0.29, 0.717) is 0 Å². The van der Waals surface area contributed by atoms with Crippen molar-refractivity contribution in [1.29, 1.82) is 0 Å². The molecule has 0 aliphatic rings. The van der Waals surface area contributed by atoms with E-state index in [4.69, 9.17) is 0 Å². The lowest BCUT2D eigenvalue weighted by molar-refractivity contribution is -0.138.